The maximum Gasteiger partial charge on any atom is 0.408 e. The lowest BCUT2D eigenvalue weighted by atomic mass is 9.97. The number of amides is 3. The minimum Gasteiger partial charge on any atom is -0.444 e. The van der Waals surface area contributed by atoms with E-state index in [1.165, 1.54) is 0 Å². The lowest BCUT2D eigenvalue weighted by Gasteiger charge is -2.35. The molecule has 2 N–H and O–H groups in total. The zero-order chi connectivity index (χ0) is 25.6. The average molecular weight is 462 g/mol. The first kappa shape index (κ1) is 28.5. The summed E-state index contributed by atoms with van der Waals surface area (Å²) in [5, 5.41) is 5.75. The van der Waals surface area contributed by atoms with Crippen molar-refractivity contribution in [2.24, 2.45) is 5.92 Å². The number of nitrogens with one attached hydrogen (secondary N) is 2. The van der Waals surface area contributed by atoms with Gasteiger partial charge in [-0.1, -0.05) is 43.7 Å². The Morgan fingerprint density at radius 3 is 2.12 bits per heavy atom. The van der Waals surface area contributed by atoms with Crippen LogP contribution in [0.1, 0.15) is 85.9 Å². The summed E-state index contributed by atoms with van der Waals surface area (Å²) in [5.41, 5.74) is 0.576. The van der Waals surface area contributed by atoms with E-state index in [9.17, 15) is 14.4 Å². The Morgan fingerprint density at radius 2 is 1.67 bits per heavy atom. The molecule has 2 atom stereocenters. The van der Waals surface area contributed by atoms with Gasteiger partial charge >= 0.3 is 6.09 Å². The second kappa shape index (κ2) is 11.5. The summed E-state index contributed by atoms with van der Waals surface area (Å²) in [4.78, 5) is 41.2. The van der Waals surface area contributed by atoms with Gasteiger partial charge in [0.15, 0.2) is 0 Å². The van der Waals surface area contributed by atoms with Crippen molar-refractivity contribution < 1.29 is 19.1 Å². The molecule has 0 aromatic heterocycles. The van der Waals surface area contributed by atoms with E-state index in [2.05, 4.69) is 10.6 Å². The molecular formula is C26H43N3O4. The van der Waals surface area contributed by atoms with Crippen LogP contribution in [0, 0.1) is 12.8 Å². The van der Waals surface area contributed by atoms with E-state index in [-0.39, 0.29) is 17.7 Å². The molecule has 0 aliphatic carbocycles. The zero-order valence-corrected chi connectivity index (χ0v) is 22.0. The second-order valence-electron chi connectivity index (χ2n) is 11.0. The molecule has 0 saturated carbocycles. The maximum atomic E-state index is 13.8. The summed E-state index contributed by atoms with van der Waals surface area (Å²) in [6.45, 7) is 19.1. The first-order chi connectivity index (χ1) is 15.0. The van der Waals surface area contributed by atoms with Gasteiger partial charge in [-0.2, -0.15) is 0 Å². The number of benzene rings is 1. The number of carbonyl (C=O) groups is 3. The molecule has 0 aliphatic heterocycles. The van der Waals surface area contributed by atoms with Crippen molar-refractivity contribution in [1.82, 2.24) is 15.5 Å². The van der Waals surface area contributed by atoms with Crippen LogP contribution in [0.3, 0.4) is 0 Å². The normalized spacial score (nSPS) is 13.8. The van der Waals surface area contributed by atoms with Crippen LogP contribution in [-0.2, 0) is 14.3 Å². The summed E-state index contributed by atoms with van der Waals surface area (Å²) in [5.74, 6) is -0.426. The van der Waals surface area contributed by atoms with E-state index in [4.69, 9.17) is 4.74 Å². The Bertz CT molecular complexity index is 822. The van der Waals surface area contributed by atoms with Crippen molar-refractivity contribution in [3.63, 3.8) is 0 Å². The first-order valence-electron chi connectivity index (χ1n) is 11.7. The summed E-state index contributed by atoms with van der Waals surface area (Å²) in [6, 6.07) is 5.97. The van der Waals surface area contributed by atoms with Crippen LogP contribution in [0.2, 0.25) is 0 Å². The van der Waals surface area contributed by atoms with Crippen LogP contribution in [0.5, 0.6) is 0 Å². The van der Waals surface area contributed by atoms with Gasteiger partial charge in [-0.05, 0) is 73.3 Å². The third-order valence-electron chi connectivity index (χ3n) is 4.74. The highest BCUT2D eigenvalue weighted by atomic mass is 16.6. The second-order valence-corrected chi connectivity index (χ2v) is 11.0. The van der Waals surface area contributed by atoms with Crippen molar-refractivity contribution in [2.75, 3.05) is 6.54 Å². The van der Waals surface area contributed by atoms with Crippen molar-refractivity contribution >= 4 is 17.9 Å². The molecular weight excluding hydrogens is 418 g/mol. The zero-order valence-electron chi connectivity index (χ0n) is 22.0. The van der Waals surface area contributed by atoms with Crippen molar-refractivity contribution in [1.29, 1.82) is 0 Å². The molecule has 1 rings (SSSR count). The topological polar surface area (TPSA) is 87.7 Å². The van der Waals surface area contributed by atoms with E-state index in [0.717, 1.165) is 11.1 Å². The predicted octanol–water partition coefficient (Wildman–Crippen LogP) is 4.74. The summed E-state index contributed by atoms with van der Waals surface area (Å²) < 4.78 is 5.39. The SMILES string of the molecule is CCN(C(=O)C(CC(C)C)NC(=O)OC(C)(C)C)C(C(=O)NC(C)(C)C)c1cccc(C)c1. The third kappa shape index (κ3) is 9.84. The number of carbonyl (C=O) groups excluding carboxylic acids is 3. The van der Waals surface area contributed by atoms with Crippen molar-refractivity contribution in [3.05, 3.63) is 35.4 Å². The predicted molar refractivity (Wildman–Crippen MR) is 132 cm³/mol. The van der Waals surface area contributed by atoms with Crippen LogP contribution in [0.15, 0.2) is 24.3 Å². The van der Waals surface area contributed by atoms with Gasteiger partial charge in [0.2, 0.25) is 11.8 Å². The van der Waals surface area contributed by atoms with E-state index in [1.54, 1.807) is 25.7 Å². The Kier molecular flexibility index (Phi) is 9.94. The van der Waals surface area contributed by atoms with Crippen LogP contribution in [0.25, 0.3) is 0 Å². The molecule has 1 aromatic carbocycles. The lowest BCUT2D eigenvalue weighted by molar-refractivity contribution is -0.143. The number of aryl methyl sites for hydroxylation is 1. The van der Waals surface area contributed by atoms with Crippen LogP contribution < -0.4 is 10.6 Å². The molecule has 0 heterocycles. The maximum absolute atomic E-state index is 13.8. The van der Waals surface area contributed by atoms with E-state index < -0.39 is 29.3 Å². The quantitative estimate of drug-likeness (QED) is 0.585. The average Bonchev–Trinajstić information content (AvgIpc) is 2.61. The Morgan fingerprint density at radius 1 is 1.06 bits per heavy atom. The molecule has 7 nitrogen and oxygen atoms in total. The summed E-state index contributed by atoms with van der Waals surface area (Å²) in [7, 11) is 0. The number of likely N-dealkylation sites (N-methyl/N-ethyl adjacent to an activating group) is 1. The highest BCUT2D eigenvalue weighted by molar-refractivity contribution is 5.92. The molecule has 186 valence electrons. The fourth-order valence-electron chi connectivity index (χ4n) is 3.56. The molecule has 1 aromatic rings. The highest BCUT2D eigenvalue weighted by Crippen LogP contribution is 2.25. The number of hydrogen-bond donors (Lipinski definition) is 2. The Balaban J connectivity index is 3.38. The van der Waals surface area contributed by atoms with Crippen molar-refractivity contribution in [3.8, 4) is 0 Å². The van der Waals surface area contributed by atoms with Gasteiger partial charge < -0.3 is 20.3 Å². The first-order valence-corrected chi connectivity index (χ1v) is 11.7. The molecule has 0 spiro atoms. The number of hydrogen-bond acceptors (Lipinski definition) is 4. The van der Waals surface area contributed by atoms with Crippen LogP contribution in [-0.4, -0.2) is 46.5 Å². The number of nitrogens with zero attached hydrogens (tertiary/aromatic N) is 1. The van der Waals surface area contributed by atoms with Gasteiger partial charge in [-0.15, -0.1) is 0 Å². The van der Waals surface area contributed by atoms with Gasteiger partial charge in [0, 0.05) is 12.1 Å². The molecule has 0 aliphatic rings. The van der Waals surface area contributed by atoms with Crippen LogP contribution in [0.4, 0.5) is 4.79 Å². The minimum absolute atomic E-state index is 0.147. The number of ether oxygens (including phenoxy) is 1. The van der Waals surface area contributed by atoms with E-state index in [0.29, 0.717) is 13.0 Å². The molecule has 0 saturated heterocycles. The lowest BCUT2D eigenvalue weighted by Crippen LogP contribution is -2.54. The van der Waals surface area contributed by atoms with Crippen LogP contribution >= 0.6 is 0 Å². The molecule has 2 unspecified atom stereocenters. The molecule has 3 amide bonds. The smallest absolute Gasteiger partial charge is 0.408 e. The highest BCUT2D eigenvalue weighted by Gasteiger charge is 2.36. The van der Waals surface area contributed by atoms with Gasteiger partial charge in [0.05, 0.1) is 0 Å². The summed E-state index contributed by atoms with van der Waals surface area (Å²) in [6.07, 6.45) is -0.223. The summed E-state index contributed by atoms with van der Waals surface area (Å²) >= 11 is 0. The Hall–Kier alpha value is -2.57. The van der Waals surface area contributed by atoms with E-state index >= 15 is 0 Å². The largest absolute Gasteiger partial charge is 0.444 e. The monoisotopic (exact) mass is 461 g/mol. The molecule has 0 radical (unpaired) electrons. The molecule has 33 heavy (non-hydrogen) atoms. The molecule has 0 bridgehead atoms. The van der Waals surface area contributed by atoms with Crippen molar-refractivity contribution in [2.45, 2.75) is 98.9 Å². The Labute approximate surface area is 199 Å². The van der Waals surface area contributed by atoms with Gasteiger partial charge in [0.1, 0.15) is 17.7 Å². The van der Waals surface area contributed by atoms with E-state index in [1.807, 2.05) is 72.7 Å². The third-order valence-corrected chi connectivity index (χ3v) is 4.74. The molecule has 0 fully saturated rings. The molecule has 7 heteroatoms. The standard InChI is InChI=1S/C26H43N3O4/c1-11-29(23(31)20(15-17(2)3)27-24(32)33-26(8,9)10)21(22(30)28-25(5,6)7)19-14-12-13-18(4)16-19/h12-14,16-17,20-21H,11,15H2,1-10H3,(H,27,32)(H,28,30). The number of alkyl carbamates (subject to hydrolysis) is 1. The van der Waals surface area contributed by atoms with Gasteiger partial charge in [-0.3, -0.25) is 9.59 Å². The fourth-order valence-corrected chi connectivity index (χ4v) is 3.56. The number of rotatable bonds is 8. The minimum atomic E-state index is -0.822. The van der Waals surface area contributed by atoms with Gasteiger partial charge in [-0.25, -0.2) is 4.79 Å². The van der Waals surface area contributed by atoms with Gasteiger partial charge in [0.25, 0.3) is 0 Å². The fraction of sp³-hybridized carbons (Fsp3) is 0.654.